The van der Waals surface area contributed by atoms with E-state index >= 15 is 0 Å². The van der Waals surface area contributed by atoms with E-state index in [-0.39, 0.29) is 11.6 Å². The molecular formula is C35H32F3N5O3. The molecular weight excluding hydrogens is 595 g/mol. The van der Waals surface area contributed by atoms with Gasteiger partial charge in [-0.25, -0.2) is 0 Å². The maximum Gasteiger partial charge on any atom is 0.416 e. The van der Waals surface area contributed by atoms with Crippen LogP contribution in [0.3, 0.4) is 0 Å². The fraction of sp³-hybridized carbons (Fsp3) is 0.257. The number of nitrogens with one attached hydrogen (secondary N) is 1. The van der Waals surface area contributed by atoms with Gasteiger partial charge in [-0.3, -0.25) is 19.4 Å². The number of nitrogens with zero attached hydrogens (tertiary/aromatic N) is 3. The number of fused-ring (bicyclic) bond motifs is 1. The summed E-state index contributed by atoms with van der Waals surface area (Å²) in [5, 5.41) is 2.69. The zero-order chi connectivity index (χ0) is 33.1. The minimum atomic E-state index is -4.59. The van der Waals surface area contributed by atoms with Crippen molar-refractivity contribution in [2.24, 2.45) is 16.6 Å². The number of allylic oxidation sites excluding steroid dienone is 1. The van der Waals surface area contributed by atoms with Crippen molar-refractivity contribution in [3.05, 3.63) is 94.7 Å². The monoisotopic (exact) mass is 627 g/mol. The van der Waals surface area contributed by atoms with Crippen molar-refractivity contribution < 1.29 is 27.6 Å². The van der Waals surface area contributed by atoms with Gasteiger partial charge in [-0.15, -0.1) is 0 Å². The molecule has 1 fully saturated rings. The predicted octanol–water partition coefficient (Wildman–Crippen LogP) is 5.79. The normalized spacial score (nSPS) is 15.2. The fourth-order valence-electron chi connectivity index (χ4n) is 5.25. The Morgan fingerprint density at radius 3 is 2.43 bits per heavy atom. The van der Waals surface area contributed by atoms with E-state index in [2.05, 4.69) is 22.2 Å². The highest BCUT2D eigenvalue weighted by molar-refractivity contribution is 6.02. The van der Waals surface area contributed by atoms with Gasteiger partial charge in [0.15, 0.2) is 12.6 Å². The standard InChI is InChI=1S/C35H32F3N5O3/c1-34(2,40-18-23(17-39)7-8-24-19-42(20-24)29-11-9-26(21-44)27(15-29)22-45)33(46)41-30-16-28(35(36,37)38)10-12-32(30)43-14-13-25-5-3-4-6-31(25)43/h3-6,9-12,15-18,21-22,24H,13-14,19-20,39H2,1-2H3,(H,41,46). The summed E-state index contributed by atoms with van der Waals surface area (Å²) in [6, 6.07) is 16.0. The first-order valence-corrected chi connectivity index (χ1v) is 14.6. The molecule has 5 rings (SSSR count). The number of carbonyl (C=O) groups is 3. The van der Waals surface area contributed by atoms with Crippen molar-refractivity contribution in [2.75, 3.05) is 34.8 Å². The zero-order valence-electron chi connectivity index (χ0n) is 25.3. The molecule has 0 aliphatic carbocycles. The van der Waals surface area contributed by atoms with Gasteiger partial charge in [0.1, 0.15) is 5.54 Å². The minimum Gasteiger partial charge on any atom is -0.404 e. The number of hydrogen-bond donors (Lipinski definition) is 2. The molecule has 8 nitrogen and oxygen atoms in total. The Balaban J connectivity index is 1.27. The van der Waals surface area contributed by atoms with Crippen LogP contribution in [0, 0.1) is 17.8 Å². The van der Waals surface area contributed by atoms with Gasteiger partial charge in [-0.05, 0) is 68.3 Å². The number of para-hydroxylation sites is 1. The van der Waals surface area contributed by atoms with E-state index in [1.807, 2.05) is 34.1 Å². The summed E-state index contributed by atoms with van der Waals surface area (Å²) in [6.45, 7) is 4.87. The summed E-state index contributed by atoms with van der Waals surface area (Å²) in [4.78, 5) is 44.1. The van der Waals surface area contributed by atoms with E-state index in [1.165, 1.54) is 18.5 Å². The number of rotatable bonds is 8. The van der Waals surface area contributed by atoms with Gasteiger partial charge in [0.2, 0.25) is 0 Å². The minimum absolute atomic E-state index is 0.0140. The maximum atomic E-state index is 13.7. The Morgan fingerprint density at radius 1 is 1.00 bits per heavy atom. The van der Waals surface area contributed by atoms with Crippen LogP contribution >= 0.6 is 0 Å². The lowest BCUT2D eigenvalue weighted by Gasteiger charge is -2.38. The number of amides is 1. The summed E-state index contributed by atoms with van der Waals surface area (Å²) in [6.07, 6.45) is 0.0674. The third kappa shape index (κ3) is 6.81. The summed E-state index contributed by atoms with van der Waals surface area (Å²) in [5.74, 6) is 5.50. The molecule has 0 unspecified atom stereocenters. The number of benzene rings is 3. The molecule has 0 spiro atoms. The number of aliphatic imine (C=N–C) groups is 1. The van der Waals surface area contributed by atoms with Gasteiger partial charge >= 0.3 is 6.18 Å². The Morgan fingerprint density at radius 2 is 1.74 bits per heavy atom. The Kier molecular flexibility index (Phi) is 9.00. The van der Waals surface area contributed by atoms with Crippen LogP contribution in [0.15, 0.2) is 77.4 Å². The molecule has 0 bridgehead atoms. The molecule has 46 heavy (non-hydrogen) atoms. The van der Waals surface area contributed by atoms with Crippen molar-refractivity contribution in [3.63, 3.8) is 0 Å². The highest BCUT2D eigenvalue weighted by Gasteiger charge is 2.34. The quantitative estimate of drug-likeness (QED) is 0.186. The van der Waals surface area contributed by atoms with Gasteiger partial charge in [-0.2, -0.15) is 13.2 Å². The summed E-state index contributed by atoms with van der Waals surface area (Å²) < 4.78 is 41.0. The van der Waals surface area contributed by atoms with Crippen molar-refractivity contribution >= 4 is 47.4 Å². The molecule has 3 N–H and O–H groups in total. The lowest BCUT2D eigenvalue weighted by molar-refractivity contribution is -0.137. The molecule has 2 aliphatic rings. The van der Waals surface area contributed by atoms with E-state index in [4.69, 9.17) is 5.73 Å². The molecule has 0 saturated carbocycles. The third-order valence-corrected chi connectivity index (χ3v) is 8.00. The molecule has 3 aromatic carbocycles. The van der Waals surface area contributed by atoms with E-state index in [9.17, 15) is 27.6 Å². The maximum absolute atomic E-state index is 13.7. The van der Waals surface area contributed by atoms with Crippen LogP contribution in [0.25, 0.3) is 0 Å². The Labute approximate surface area is 264 Å². The molecule has 0 atom stereocenters. The van der Waals surface area contributed by atoms with Crippen LogP contribution in [-0.4, -0.2) is 49.9 Å². The van der Waals surface area contributed by atoms with Gasteiger partial charge < -0.3 is 20.9 Å². The van der Waals surface area contributed by atoms with E-state index < -0.39 is 23.2 Å². The van der Waals surface area contributed by atoms with Crippen LogP contribution in [-0.2, 0) is 17.4 Å². The molecule has 1 amide bonds. The molecule has 3 aromatic rings. The second kappa shape index (κ2) is 12.9. The number of hydrogen-bond acceptors (Lipinski definition) is 7. The molecule has 0 aromatic heterocycles. The van der Waals surface area contributed by atoms with E-state index in [0.29, 0.717) is 54.6 Å². The number of nitrogens with two attached hydrogens (primary N) is 1. The van der Waals surface area contributed by atoms with Crippen LogP contribution < -0.4 is 20.9 Å². The summed E-state index contributed by atoms with van der Waals surface area (Å²) in [7, 11) is 0. The summed E-state index contributed by atoms with van der Waals surface area (Å²) in [5.41, 5.74) is 7.79. The molecule has 2 aliphatic heterocycles. The Bertz CT molecular complexity index is 1800. The van der Waals surface area contributed by atoms with Crippen molar-refractivity contribution in [2.45, 2.75) is 32.0 Å². The SMILES string of the molecule is CC(C)(N=CC(C#CC1CN(c2ccc(C=O)c(C=O)c2)C1)=CN)C(=O)Nc1cc(C(F)(F)F)ccc1N1CCc2ccccc21. The van der Waals surface area contributed by atoms with Crippen molar-refractivity contribution in [1.29, 1.82) is 0 Å². The van der Waals surface area contributed by atoms with Gasteiger partial charge in [0.05, 0.1) is 28.4 Å². The van der Waals surface area contributed by atoms with Gasteiger partial charge in [-0.1, -0.05) is 30.0 Å². The highest BCUT2D eigenvalue weighted by atomic mass is 19.4. The predicted molar refractivity (Wildman–Crippen MR) is 173 cm³/mol. The fourth-order valence-corrected chi connectivity index (χ4v) is 5.25. The number of halogens is 3. The smallest absolute Gasteiger partial charge is 0.404 e. The van der Waals surface area contributed by atoms with Crippen LogP contribution in [0.2, 0.25) is 0 Å². The van der Waals surface area contributed by atoms with Gasteiger partial charge in [0, 0.05) is 54.6 Å². The molecule has 0 radical (unpaired) electrons. The highest BCUT2D eigenvalue weighted by Crippen LogP contribution is 2.41. The van der Waals surface area contributed by atoms with Crippen LogP contribution in [0.4, 0.5) is 35.9 Å². The topological polar surface area (TPSA) is 108 Å². The lowest BCUT2D eigenvalue weighted by Crippen LogP contribution is -2.46. The second-order valence-corrected chi connectivity index (χ2v) is 11.6. The largest absolute Gasteiger partial charge is 0.416 e. The molecule has 11 heteroatoms. The van der Waals surface area contributed by atoms with Crippen LogP contribution in [0.5, 0.6) is 0 Å². The van der Waals surface area contributed by atoms with Crippen molar-refractivity contribution in [3.8, 4) is 11.8 Å². The summed E-state index contributed by atoms with van der Waals surface area (Å²) >= 11 is 0. The average Bonchev–Trinajstić information content (AvgIpc) is 3.45. The number of anilines is 4. The van der Waals surface area contributed by atoms with E-state index in [1.54, 1.807) is 32.0 Å². The third-order valence-electron chi connectivity index (χ3n) is 8.00. The number of alkyl halides is 3. The number of carbonyl (C=O) groups excluding carboxylic acids is 3. The average molecular weight is 628 g/mol. The number of aldehydes is 2. The lowest BCUT2D eigenvalue weighted by atomic mass is 9.98. The van der Waals surface area contributed by atoms with Gasteiger partial charge in [0.25, 0.3) is 5.91 Å². The van der Waals surface area contributed by atoms with Crippen molar-refractivity contribution in [1.82, 2.24) is 0 Å². The molecule has 236 valence electrons. The first kappa shape index (κ1) is 32.0. The first-order chi connectivity index (χ1) is 21.9. The first-order valence-electron chi connectivity index (χ1n) is 14.6. The van der Waals surface area contributed by atoms with E-state index in [0.717, 1.165) is 35.5 Å². The second-order valence-electron chi connectivity index (χ2n) is 11.6. The van der Waals surface area contributed by atoms with Crippen LogP contribution in [0.1, 0.15) is 45.7 Å². The Hall–Kier alpha value is -5.37. The molecule has 1 saturated heterocycles. The zero-order valence-corrected chi connectivity index (χ0v) is 25.3. The molecule has 2 heterocycles.